The maximum Gasteiger partial charge on any atom is 0.328 e. The molecule has 2 saturated heterocycles. The highest BCUT2D eigenvalue weighted by Crippen LogP contribution is 2.14. The Morgan fingerprint density at radius 1 is 1.29 bits per heavy atom. The smallest absolute Gasteiger partial charge is 0.328 e. The summed E-state index contributed by atoms with van der Waals surface area (Å²) in [6.07, 6.45) is 2.60. The molecule has 0 radical (unpaired) electrons. The fraction of sp³-hybridized carbons (Fsp3) is 0.688. The molecule has 3 heterocycles. The summed E-state index contributed by atoms with van der Waals surface area (Å²) in [4.78, 5) is 41.4. The number of rotatable bonds is 3. The second-order valence-corrected chi connectivity index (χ2v) is 6.53. The minimum atomic E-state index is -0.564. The van der Waals surface area contributed by atoms with Gasteiger partial charge in [-0.25, -0.2) is 4.79 Å². The van der Waals surface area contributed by atoms with Crippen LogP contribution in [-0.4, -0.2) is 58.4 Å². The Balaban J connectivity index is 1.86. The lowest BCUT2D eigenvalue weighted by molar-refractivity contribution is -0.0586. The van der Waals surface area contributed by atoms with E-state index in [1.54, 1.807) is 4.90 Å². The van der Waals surface area contributed by atoms with Crippen LogP contribution < -0.4 is 11.2 Å². The van der Waals surface area contributed by atoms with Gasteiger partial charge in [0.2, 0.25) is 0 Å². The average molecular weight is 337 g/mol. The van der Waals surface area contributed by atoms with E-state index in [1.807, 2.05) is 13.8 Å². The van der Waals surface area contributed by atoms with E-state index in [0.29, 0.717) is 19.7 Å². The summed E-state index contributed by atoms with van der Waals surface area (Å²) in [6.45, 7) is 5.43. The molecule has 8 heteroatoms. The third kappa shape index (κ3) is 3.44. The Labute approximate surface area is 139 Å². The fourth-order valence-corrected chi connectivity index (χ4v) is 3.34. The second-order valence-electron chi connectivity index (χ2n) is 6.53. The van der Waals surface area contributed by atoms with Gasteiger partial charge in [-0.15, -0.1) is 0 Å². The van der Waals surface area contributed by atoms with Gasteiger partial charge in [-0.2, -0.15) is 0 Å². The van der Waals surface area contributed by atoms with Gasteiger partial charge in [0.1, 0.15) is 5.56 Å². The van der Waals surface area contributed by atoms with Crippen LogP contribution in [0.1, 0.15) is 37.0 Å². The van der Waals surface area contributed by atoms with Crippen molar-refractivity contribution in [2.75, 3.05) is 19.7 Å². The Hall–Kier alpha value is -1.93. The van der Waals surface area contributed by atoms with E-state index >= 15 is 0 Å². The molecule has 2 aliphatic rings. The van der Waals surface area contributed by atoms with E-state index in [0.717, 1.165) is 17.4 Å². The number of H-pyrrole nitrogens is 1. The maximum atomic E-state index is 12.7. The van der Waals surface area contributed by atoms with Gasteiger partial charge in [-0.3, -0.25) is 14.2 Å². The number of nitrogens with one attached hydrogen (secondary N) is 1. The molecule has 132 valence electrons. The van der Waals surface area contributed by atoms with Gasteiger partial charge in [0.05, 0.1) is 24.9 Å². The first kappa shape index (κ1) is 16.9. The molecule has 2 fully saturated rings. The lowest BCUT2D eigenvalue weighted by atomic mass is 10.2. The van der Waals surface area contributed by atoms with Crippen LogP contribution >= 0.6 is 0 Å². The third-order valence-electron chi connectivity index (χ3n) is 4.41. The van der Waals surface area contributed by atoms with Crippen molar-refractivity contribution in [3.8, 4) is 0 Å². The maximum absolute atomic E-state index is 12.7. The molecule has 0 aliphatic carbocycles. The summed E-state index contributed by atoms with van der Waals surface area (Å²) in [5, 5.41) is 0. The zero-order valence-corrected chi connectivity index (χ0v) is 14.0. The van der Waals surface area contributed by atoms with E-state index in [9.17, 15) is 14.4 Å². The Bertz CT molecular complexity index is 709. The first-order valence-corrected chi connectivity index (χ1v) is 8.34. The van der Waals surface area contributed by atoms with Gasteiger partial charge in [-0.05, 0) is 26.7 Å². The molecule has 1 aromatic rings. The van der Waals surface area contributed by atoms with Crippen molar-refractivity contribution < 1.29 is 14.3 Å². The van der Waals surface area contributed by atoms with Crippen LogP contribution in [-0.2, 0) is 16.0 Å². The first-order valence-electron chi connectivity index (χ1n) is 8.34. The molecule has 24 heavy (non-hydrogen) atoms. The zero-order valence-electron chi connectivity index (χ0n) is 14.0. The Morgan fingerprint density at radius 2 is 2.00 bits per heavy atom. The standard InChI is InChI=1S/C16H23N3O5/c1-10-7-18(8-11(2)24-10)14(20)13-6-17-16(22)19(15(13)21)9-12-4-3-5-23-12/h6,10-12H,3-5,7-9H2,1-2H3,(H,17,22). The quantitative estimate of drug-likeness (QED) is 0.836. The minimum Gasteiger partial charge on any atom is -0.376 e. The highest BCUT2D eigenvalue weighted by atomic mass is 16.5. The summed E-state index contributed by atoms with van der Waals surface area (Å²) >= 11 is 0. The fourth-order valence-electron chi connectivity index (χ4n) is 3.34. The van der Waals surface area contributed by atoms with Crippen LogP contribution in [0.4, 0.5) is 0 Å². The van der Waals surface area contributed by atoms with Crippen LogP contribution in [0.25, 0.3) is 0 Å². The lowest BCUT2D eigenvalue weighted by Crippen LogP contribution is -2.50. The Kier molecular flexibility index (Phi) is 4.86. The average Bonchev–Trinajstić information content (AvgIpc) is 3.03. The number of nitrogens with zero attached hydrogens (tertiary/aromatic N) is 2. The van der Waals surface area contributed by atoms with Crippen LogP contribution in [0.15, 0.2) is 15.8 Å². The van der Waals surface area contributed by atoms with Gasteiger partial charge in [0, 0.05) is 25.9 Å². The number of aromatic amines is 1. The molecule has 3 rings (SSSR count). The van der Waals surface area contributed by atoms with Crippen molar-refractivity contribution in [2.24, 2.45) is 0 Å². The minimum absolute atomic E-state index is 0.0195. The molecule has 8 nitrogen and oxygen atoms in total. The topological polar surface area (TPSA) is 93.6 Å². The molecule has 0 saturated carbocycles. The number of carbonyl (C=O) groups is 1. The van der Waals surface area contributed by atoms with Crippen LogP contribution in [0.3, 0.4) is 0 Å². The monoisotopic (exact) mass is 337 g/mol. The van der Waals surface area contributed by atoms with E-state index in [4.69, 9.17) is 9.47 Å². The predicted octanol–water partition coefficient (Wildman–Crippen LogP) is -0.0350. The third-order valence-corrected chi connectivity index (χ3v) is 4.41. The highest BCUT2D eigenvalue weighted by Gasteiger charge is 2.29. The van der Waals surface area contributed by atoms with Crippen molar-refractivity contribution in [3.63, 3.8) is 0 Å². The summed E-state index contributed by atoms with van der Waals surface area (Å²) in [6, 6.07) is 0. The number of ether oxygens (including phenoxy) is 2. The van der Waals surface area contributed by atoms with Crippen LogP contribution in [0.2, 0.25) is 0 Å². The van der Waals surface area contributed by atoms with E-state index < -0.39 is 11.2 Å². The molecule has 0 aromatic carbocycles. The summed E-state index contributed by atoms with van der Waals surface area (Å²) in [5.41, 5.74) is -1.10. The van der Waals surface area contributed by atoms with Crippen molar-refractivity contribution in [1.82, 2.24) is 14.5 Å². The first-order chi connectivity index (χ1) is 11.5. The summed E-state index contributed by atoms with van der Waals surface area (Å²) in [7, 11) is 0. The molecule has 3 unspecified atom stereocenters. The van der Waals surface area contributed by atoms with E-state index in [2.05, 4.69) is 4.98 Å². The molecule has 1 amide bonds. The van der Waals surface area contributed by atoms with Crippen molar-refractivity contribution in [3.05, 3.63) is 32.6 Å². The Morgan fingerprint density at radius 3 is 2.62 bits per heavy atom. The van der Waals surface area contributed by atoms with Crippen LogP contribution in [0, 0.1) is 0 Å². The molecule has 0 bridgehead atoms. The molecule has 1 N–H and O–H groups in total. The predicted molar refractivity (Wildman–Crippen MR) is 86.2 cm³/mol. The van der Waals surface area contributed by atoms with Gasteiger partial charge >= 0.3 is 5.69 Å². The van der Waals surface area contributed by atoms with Gasteiger partial charge in [0.25, 0.3) is 11.5 Å². The second kappa shape index (κ2) is 6.90. The number of hydrogen-bond acceptors (Lipinski definition) is 5. The molecule has 1 aromatic heterocycles. The lowest BCUT2D eigenvalue weighted by Gasteiger charge is -2.35. The SMILES string of the molecule is CC1CN(C(=O)c2c[nH]c(=O)n(CC3CCCO3)c2=O)CC(C)O1. The number of carbonyl (C=O) groups excluding carboxylic acids is 1. The highest BCUT2D eigenvalue weighted by molar-refractivity contribution is 5.93. The van der Waals surface area contributed by atoms with E-state index in [-0.39, 0.29) is 36.3 Å². The van der Waals surface area contributed by atoms with Crippen molar-refractivity contribution >= 4 is 5.91 Å². The van der Waals surface area contributed by atoms with Gasteiger partial charge in [0.15, 0.2) is 0 Å². The molecular weight excluding hydrogens is 314 g/mol. The zero-order chi connectivity index (χ0) is 17.3. The number of hydrogen-bond donors (Lipinski definition) is 1. The molecule has 2 aliphatic heterocycles. The molecule has 0 spiro atoms. The normalized spacial score (nSPS) is 27.4. The largest absolute Gasteiger partial charge is 0.376 e. The summed E-state index contributed by atoms with van der Waals surface area (Å²) in [5.74, 6) is -0.376. The number of aromatic nitrogens is 2. The van der Waals surface area contributed by atoms with Crippen molar-refractivity contribution in [1.29, 1.82) is 0 Å². The van der Waals surface area contributed by atoms with Crippen molar-refractivity contribution in [2.45, 2.75) is 51.5 Å². The van der Waals surface area contributed by atoms with Crippen LogP contribution in [0.5, 0.6) is 0 Å². The number of amides is 1. The molecule has 3 atom stereocenters. The summed E-state index contributed by atoms with van der Waals surface area (Å²) < 4.78 is 12.2. The molecular formula is C16H23N3O5. The number of morpholine rings is 1. The van der Waals surface area contributed by atoms with Gasteiger partial charge < -0.3 is 19.4 Å². The van der Waals surface area contributed by atoms with Gasteiger partial charge in [-0.1, -0.05) is 0 Å². The van der Waals surface area contributed by atoms with E-state index in [1.165, 1.54) is 6.20 Å².